The quantitative estimate of drug-likeness (QED) is 0.536. The third-order valence-electron chi connectivity index (χ3n) is 4.41. The van der Waals surface area contributed by atoms with Crippen LogP contribution in [0.1, 0.15) is 33.6 Å². The maximum Gasteiger partial charge on any atom is 0.254 e. The number of Topliss-reactive ketones (excluding diaryl/α,β-unsaturated/α-hetero) is 1. The standard InChI is InChI=1S/C19H17ClINO3/c20-15-3-1-12(2-4-15)18(24)13-5-7-22(8-6-13)19(25)14-9-16(21)11-17(23)10-14/h1-4,9-11,13,23H,5-8H2. The number of benzene rings is 2. The third kappa shape index (κ3) is 4.33. The van der Waals surface area contributed by atoms with E-state index in [1.807, 2.05) is 0 Å². The van der Waals surface area contributed by atoms with Crippen LogP contribution in [0.3, 0.4) is 0 Å². The van der Waals surface area contributed by atoms with Crippen molar-refractivity contribution in [3.05, 3.63) is 62.2 Å². The topological polar surface area (TPSA) is 57.6 Å². The summed E-state index contributed by atoms with van der Waals surface area (Å²) < 4.78 is 0.814. The monoisotopic (exact) mass is 469 g/mol. The number of amides is 1. The first-order chi connectivity index (χ1) is 11.9. The van der Waals surface area contributed by atoms with Crippen molar-refractivity contribution in [3.63, 3.8) is 0 Å². The van der Waals surface area contributed by atoms with Gasteiger partial charge in [0.05, 0.1) is 0 Å². The predicted molar refractivity (Wildman–Crippen MR) is 105 cm³/mol. The van der Waals surface area contributed by atoms with E-state index in [2.05, 4.69) is 22.6 Å². The van der Waals surface area contributed by atoms with Crippen LogP contribution in [0, 0.1) is 9.49 Å². The van der Waals surface area contributed by atoms with Gasteiger partial charge in [-0.3, -0.25) is 9.59 Å². The molecule has 0 atom stereocenters. The lowest BCUT2D eigenvalue weighted by Gasteiger charge is -2.31. The van der Waals surface area contributed by atoms with Crippen LogP contribution in [0.2, 0.25) is 5.02 Å². The highest BCUT2D eigenvalue weighted by atomic mass is 127. The van der Waals surface area contributed by atoms with Gasteiger partial charge in [0, 0.05) is 38.7 Å². The zero-order valence-corrected chi connectivity index (χ0v) is 16.3. The average Bonchev–Trinajstić information content (AvgIpc) is 2.60. The molecule has 2 aromatic rings. The molecule has 0 aliphatic carbocycles. The lowest BCUT2D eigenvalue weighted by atomic mass is 9.88. The molecule has 0 unspecified atom stereocenters. The lowest BCUT2D eigenvalue weighted by molar-refractivity contribution is 0.0650. The van der Waals surface area contributed by atoms with Gasteiger partial charge in [-0.25, -0.2) is 0 Å². The number of hydrogen-bond donors (Lipinski definition) is 1. The second-order valence-electron chi connectivity index (χ2n) is 6.14. The van der Waals surface area contributed by atoms with E-state index in [0.717, 1.165) is 3.57 Å². The van der Waals surface area contributed by atoms with Gasteiger partial charge in [-0.15, -0.1) is 0 Å². The Morgan fingerprint density at radius 2 is 1.68 bits per heavy atom. The summed E-state index contributed by atoms with van der Waals surface area (Å²) in [7, 11) is 0. The average molecular weight is 470 g/mol. The largest absolute Gasteiger partial charge is 0.508 e. The molecule has 1 N–H and O–H groups in total. The fraction of sp³-hybridized carbons (Fsp3) is 0.263. The van der Waals surface area contributed by atoms with E-state index in [9.17, 15) is 14.7 Å². The van der Waals surface area contributed by atoms with Crippen LogP contribution in [0.4, 0.5) is 0 Å². The number of ketones is 1. The highest BCUT2D eigenvalue weighted by Gasteiger charge is 2.28. The molecule has 25 heavy (non-hydrogen) atoms. The Hall–Kier alpha value is -1.60. The number of halogens is 2. The SMILES string of the molecule is O=C(c1ccc(Cl)cc1)C1CCN(C(=O)c2cc(O)cc(I)c2)CC1. The summed E-state index contributed by atoms with van der Waals surface area (Å²) >= 11 is 7.93. The summed E-state index contributed by atoms with van der Waals surface area (Å²) in [6.45, 7) is 1.07. The fourth-order valence-corrected chi connectivity index (χ4v) is 3.86. The van der Waals surface area contributed by atoms with Crippen LogP contribution >= 0.6 is 34.2 Å². The molecule has 1 saturated heterocycles. The van der Waals surface area contributed by atoms with Gasteiger partial charge in [-0.05, 0) is 77.9 Å². The van der Waals surface area contributed by atoms with E-state index in [0.29, 0.717) is 42.1 Å². The fourth-order valence-electron chi connectivity index (χ4n) is 3.07. The van der Waals surface area contributed by atoms with Crippen LogP contribution in [0.5, 0.6) is 5.75 Å². The summed E-state index contributed by atoms with van der Waals surface area (Å²) in [6, 6.07) is 11.8. The zero-order valence-electron chi connectivity index (χ0n) is 13.4. The minimum absolute atomic E-state index is 0.0745. The third-order valence-corrected chi connectivity index (χ3v) is 5.29. The maximum absolute atomic E-state index is 12.6. The Labute approximate surface area is 164 Å². The predicted octanol–water partition coefficient (Wildman–Crippen LogP) is 4.39. The van der Waals surface area contributed by atoms with Gasteiger partial charge in [0.1, 0.15) is 5.75 Å². The van der Waals surface area contributed by atoms with E-state index >= 15 is 0 Å². The number of rotatable bonds is 3. The van der Waals surface area contributed by atoms with Crippen LogP contribution in [-0.2, 0) is 0 Å². The molecule has 6 heteroatoms. The Balaban J connectivity index is 1.64. The number of phenols is 1. The molecule has 0 aromatic heterocycles. The summed E-state index contributed by atoms with van der Waals surface area (Å²) in [5.41, 5.74) is 1.14. The molecular weight excluding hydrogens is 453 g/mol. The number of carbonyl (C=O) groups is 2. The second kappa shape index (κ2) is 7.74. The lowest BCUT2D eigenvalue weighted by Crippen LogP contribution is -2.40. The van der Waals surface area contributed by atoms with Crippen LogP contribution < -0.4 is 0 Å². The van der Waals surface area contributed by atoms with Crippen LogP contribution in [-0.4, -0.2) is 34.8 Å². The molecule has 0 radical (unpaired) electrons. The first kappa shape index (κ1) is 18.2. The number of nitrogens with zero attached hydrogens (tertiary/aromatic N) is 1. The van der Waals surface area contributed by atoms with Gasteiger partial charge in [0.15, 0.2) is 5.78 Å². The molecule has 1 heterocycles. The molecule has 2 aromatic carbocycles. The molecule has 4 nitrogen and oxygen atoms in total. The van der Waals surface area contributed by atoms with Crippen molar-refractivity contribution < 1.29 is 14.7 Å². The molecule has 0 bridgehead atoms. The van der Waals surface area contributed by atoms with E-state index in [1.54, 1.807) is 41.3 Å². The van der Waals surface area contributed by atoms with E-state index in [4.69, 9.17) is 11.6 Å². The van der Waals surface area contributed by atoms with Crippen molar-refractivity contribution in [2.75, 3.05) is 13.1 Å². The number of aromatic hydroxyl groups is 1. The minimum atomic E-state index is -0.105. The summed E-state index contributed by atoms with van der Waals surface area (Å²) in [5.74, 6) is 0.0134. The van der Waals surface area contributed by atoms with Crippen LogP contribution in [0.25, 0.3) is 0 Å². The maximum atomic E-state index is 12.6. The molecule has 1 fully saturated rings. The van der Waals surface area contributed by atoms with Crippen molar-refractivity contribution in [2.24, 2.45) is 5.92 Å². The summed E-state index contributed by atoms with van der Waals surface area (Å²) in [6.07, 6.45) is 1.28. The van der Waals surface area contributed by atoms with Gasteiger partial charge in [-0.2, -0.15) is 0 Å². The molecule has 1 aliphatic rings. The minimum Gasteiger partial charge on any atom is -0.508 e. The zero-order chi connectivity index (χ0) is 18.0. The number of carbonyl (C=O) groups excluding carboxylic acids is 2. The van der Waals surface area contributed by atoms with Crippen LogP contribution in [0.15, 0.2) is 42.5 Å². The molecule has 0 saturated carbocycles. The molecule has 130 valence electrons. The van der Waals surface area contributed by atoms with Gasteiger partial charge < -0.3 is 10.0 Å². The molecule has 1 aliphatic heterocycles. The molecule has 1 amide bonds. The number of piperidine rings is 1. The number of hydrogen-bond acceptors (Lipinski definition) is 3. The van der Waals surface area contributed by atoms with Crippen molar-refractivity contribution >= 4 is 45.9 Å². The summed E-state index contributed by atoms with van der Waals surface area (Å²) in [4.78, 5) is 26.9. The molecule has 3 rings (SSSR count). The number of likely N-dealkylation sites (tertiary alicyclic amines) is 1. The highest BCUT2D eigenvalue weighted by Crippen LogP contribution is 2.25. The van der Waals surface area contributed by atoms with Gasteiger partial charge in [0.25, 0.3) is 5.91 Å². The summed E-state index contributed by atoms with van der Waals surface area (Å²) in [5, 5.41) is 10.3. The van der Waals surface area contributed by atoms with Crippen molar-refractivity contribution in [1.82, 2.24) is 4.90 Å². The Bertz CT molecular complexity index is 779. The van der Waals surface area contributed by atoms with Crippen molar-refractivity contribution in [2.45, 2.75) is 12.8 Å². The van der Waals surface area contributed by atoms with Crippen molar-refractivity contribution in [3.8, 4) is 5.75 Å². The smallest absolute Gasteiger partial charge is 0.254 e. The normalized spacial score (nSPS) is 15.2. The first-order valence-electron chi connectivity index (χ1n) is 8.02. The Morgan fingerprint density at radius 3 is 2.28 bits per heavy atom. The van der Waals surface area contributed by atoms with E-state index in [1.165, 1.54) is 6.07 Å². The molecule has 0 spiro atoms. The van der Waals surface area contributed by atoms with Gasteiger partial charge in [-0.1, -0.05) is 11.6 Å². The van der Waals surface area contributed by atoms with Crippen molar-refractivity contribution in [1.29, 1.82) is 0 Å². The van der Waals surface area contributed by atoms with Gasteiger partial charge in [0.2, 0.25) is 0 Å². The van der Waals surface area contributed by atoms with Gasteiger partial charge >= 0.3 is 0 Å². The van der Waals surface area contributed by atoms with E-state index < -0.39 is 0 Å². The first-order valence-corrected chi connectivity index (χ1v) is 9.48. The molecular formula is C19H17ClINO3. The second-order valence-corrected chi connectivity index (χ2v) is 7.82. The van der Waals surface area contributed by atoms with E-state index in [-0.39, 0.29) is 23.4 Å². The Morgan fingerprint density at radius 1 is 1.04 bits per heavy atom. The number of phenolic OH excluding ortho intramolecular Hbond substituents is 1. The highest BCUT2D eigenvalue weighted by molar-refractivity contribution is 14.1. The Kier molecular flexibility index (Phi) is 5.64.